The fourth-order valence-corrected chi connectivity index (χ4v) is 5.72. The van der Waals surface area contributed by atoms with Crippen LogP contribution in [0, 0.1) is 11.8 Å². The molecular weight excluding hydrogens is 648 g/mol. The Morgan fingerprint density at radius 3 is 1.46 bits per heavy atom. The SMILES string of the molecule is CCCCCCCC1CC(=O)NC(CC(C)C)C(=O)N[C@@H](CO)C(=O)OC(CCCCC)CC(=O)N[C@@H](CO)C(=O)NC(CC(C)C)C(=O)O1. The average Bonchev–Trinajstić information content (AvgIpc) is 3.04. The van der Waals surface area contributed by atoms with Crippen LogP contribution in [0.2, 0.25) is 0 Å². The smallest absolute Gasteiger partial charge is 0.331 e. The van der Waals surface area contributed by atoms with Crippen molar-refractivity contribution in [2.45, 2.75) is 168 Å². The van der Waals surface area contributed by atoms with Gasteiger partial charge in [0, 0.05) is 0 Å². The van der Waals surface area contributed by atoms with E-state index in [1.54, 1.807) is 0 Å². The molecule has 1 heterocycles. The third-order valence-electron chi connectivity index (χ3n) is 8.44. The Labute approximate surface area is 297 Å². The van der Waals surface area contributed by atoms with Crippen molar-refractivity contribution in [1.82, 2.24) is 21.3 Å². The summed E-state index contributed by atoms with van der Waals surface area (Å²) in [6.45, 7) is 9.98. The maximum Gasteiger partial charge on any atom is 0.331 e. The summed E-state index contributed by atoms with van der Waals surface area (Å²) in [5.41, 5.74) is 0. The molecule has 0 aromatic heterocycles. The number of aliphatic hydroxyl groups excluding tert-OH is 2. The Bertz CT molecular complexity index is 1070. The summed E-state index contributed by atoms with van der Waals surface area (Å²) < 4.78 is 11.5. The highest BCUT2D eigenvalue weighted by Crippen LogP contribution is 2.17. The molecule has 0 aromatic rings. The van der Waals surface area contributed by atoms with Gasteiger partial charge in [0.1, 0.15) is 30.3 Å². The minimum absolute atomic E-state index is 0.0343. The van der Waals surface area contributed by atoms with Crippen LogP contribution in [-0.2, 0) is 38.2 Å². The average molecular weight is 713 g/mol. The first kappa shape index (κ1) is 44.8. The molecular formula is C36H64N4O10. The predicted octanol–water partition coefficient (Wildman–Crippen LogP) is 2.56. The Morgan fingerprint density at radius 2 is 0.960 bits per heavy atom. The first-order chi connectivity index (χ1) is 23.7. The van der Waals surface area contributed by atoms with E-state index >= 15 is 0 Å². The summed E-state index contributed by atoms with van der Waals surface area (Å²) in [7, 11) is 0. The fraction of sp³-hybridized carbons (Fsp3) is 0.833. The van der Waals surface area contributed by atoms with Crippen molar-refractivity contribution >= 4 is 35.6 Å². The van der Waals surface area contributed by atoms with Crippen LogP contribution in [0.4, 0.5) is 0 Å². The summed E-state index contributed by atoms with van der Waals surface area (Å²) in [5.74, 6) is -4.51. The third kappa shape index (κ3) is 18.1. The molecule has 1 aliphatic heterocycles. The first-order valence-electron chi connectivity index (χ1n) is 18.6. The zero-order valence-corrected chi connectivity index (χ0v) is 31.1. The Morgan fingerprint density at radius 1 is 0.560 bits per heavy atom. The van der Waals surface area contributed by atoms with E-state index in [9.17, 15) is 39.0 Å². The lowest BCUT2D eigenvalue weighted by Gasteiger charge is -2.27. The Hall–Kier alpha value is -3.26. The molecule has 1 aliphatic rings. The number of amides is 4. The highest BCUT2D eigenvalue weighted by molar-refractivity contribution is 5.92. The summed E-state index contributed by atoms with van der Waals surface area (Å²) in [6, 6.07) is -5.07. The molecule has 50 heavy (non-hydrogen) atoms. The van der Waals surface area contributed by atoms with Gasteiger partial charge in [0.15, 0.2) is 6.04 Å². The molecule has 4 unspecified atom stereocenters. The second-order valence-electron chi connectivity index (χ2n) is 14.2. The van der Waals surface area contributed by atoms with E-state index in [4.69, 9.17) is 9.47 Å². The number of rotatable bonds is 16. The quantitative estimate of drug-likeness (QED) is 0.102. The lowest BCUT2D eigenvalue weighted by atomic mass is 10.0. The van der Waals surface area contributed by atoms with Crippen LogP contribution in [0.5, 0.6) is 0 Å². The second kappa shape index (κ2) is 24.8. The molecule has 1 saturated heterocycles. The van der Waals surface area contributed by atoms with Crippen molar-refractivity contribution in [3.63, 3.8) is 0 Å². The summed E-state index contributed by atoms with van der Waals surface area (Å²) >= 11 is 0. The van der Waals surface area contributed by atoms with Gasteiger partial charge in [0.25, 0.3) is 0 Å². The number of carbonyl (C=O) groups excluding carboxylic acids is 6. The predicted molar refractivity (Wildman–Crippen MR) is 187 cm³/mol. The molecule has 14 heteroatoms. The van der Waals surface area contributed by atoms with Gasteiger partial charge in [0.05, 0.1) is 26.1 Å². The van der Waals surface area contributed by atoms with Gasteiger partial charge in [-0.2, -0.15) is 0 Å². The minimum Gasteiger partial charge on any atom is -0.460 e. The minimum atomic E-state index is -1.47. The molecule has 0 saturated carbocycles. The van der Waals surface area contributed by atoms with Crippen LogP contribution < -0.4 is 21.3 Å². The molecule has 1 fully saturated rings. The van der Waals surface area contributed by atoms with Crippen molar-refractivity contribution < 1.29 is 48.5 Å². The van der Waals surface area contributed by atoms with E-state index in [1.165, 1.54) is 0 Å². The number of nitrogens with one attached hydrogen (secondary N) is 4. The highest BCUT2D eigenvalue weighted by atomic mass is 16.6. The van der Waals surface area contributed by atoms with Crippen molar-refractivity contribution in [3.8, 4) is 0 Å². The van der Waals surface area contributed by atoms with E-state index < -0.39 is 85.2 Å². The summed E-state index contributed by atoms with van der Waals surface area (Å²) in [6.07, 6.45) is 5.56. The maximum absolute atomic E-state index is 13.6. The summed E-state index contributed by atoms with van der Waals surface area (Å²) in [4.78, 5) is 79.9. The molecule has 288 valence electrons. The molecule has 6 atom stereocenters. The normalized spacial score (nSPS) is 25.3. The second-order valence-corrected chi connectivity index (χ2v) is 14.2. The molecule has 4 amide bonds. The molecule has 0 bridgehead atoms. The molecule has 0 aliphatic carbocycles. The van der Waals surface area contributed by atoms with Crippen molar-refractivity contribution in [2.75, 3.05) is 13.2 Å². The monoisotopic (exact) mass is 712 g/mol. The number of esters is 2. The van der Waals surface area contributed by atoms with Gasteiger partial charge in [-0.15, -0.1) is 0 Å². The van der Waals surface area contributed by atoms with Crippen LogP contribution in [0.25, 0.3) is 0 Å². The Balaban J connectivity index is 3.51. The van der Waals surface area contributed by atoms with Crippen molar-refractivity contribution in [3.05, 3.63) is 0 Å². The van der Waals surface area contributed by atoms with Gasteiger partial charge in [-0.25, -0.2) is 9.59 Å². The standard InChI is InChI=1S/C36H64N4O10/c1-7-9-11-12-14-16-26-19-31(43)37-27(17-23(3)4)33(45)40-30(22-42)36(48)50-25(15-13-10-8-2)20-32(44)38-29(21-41)34(46)39-28(18-24(5)6)35(47)49-26/h23-30,41-42H,7-22H2,1-6H3,(H,37,43)(H,38,44)(H,39,46)(H,40,45)/t25?,26?,27?,28?,29-,30-/m0/s1. The zero-order valence-electron chi connectivity index (χ0n) is 31.1. The number of unbranched alkanes of at least 4 members (excludes halogenated alkanes) is 6. The van der Waals surface area contributed by atoms with Crippen molar-refractivity contribution in [2.24, 2.45) is 11.8 Å². The van der Waals surface area contributed by atoms with Gasteiger partial charge in [-0.1, -0.05) is 80.1 Å². The lowest BCUT2D eigenvalue weighted by Crippen LogP contribution is -2.55. The van der Waals surface area contributed by atoms with E-state index in [0.29, 0.717) is 25.7 Å². The van der Waals surface area contributed by atoms with Crippen molar-refractivity contribution in [1.29, 1.82) is 0 Å². The van der Waals surface area contributed by atoms with Gasteiger partial charge < -0.3 is 41.0 Å². The van der Waals surface area contributed by atoms with Gasteiger partial charge in [-0.05, 0) is 50.4 Å². The molecule has 0 aromatic carbocycles. The lowest BCUT2D eigenvalue weighted by molar-refractivity contribution is -0.156. The van der Waals surface area contributed by atoms with Crippen LogP contribution >= 0.6 is 0 Å². The van der Waals surface area contributed by atoms with Crippen LogP contribution in [0.1, 0.15) is 131 Å². The number of cyclic esters (lactones) is 2. The molecule has 1 rings (SSSR count). The van der Waals surface area contributed by atoms with Gasteiger partial charge in [-0.3, -0.25) is 19.2 Å². The largest absolute Gasteiger partial charge is 0.460 e. The molecule has 0 spiro atoms. The number of aliphatic hydroxyl groups is 2. The Kier molecular flexibility index (Phi) is 22.2. The maximum atomic E-state index is 13.6. The number of hydrogen-bond acceptors (Lipinski definition) is 10. The fourth-order valence-electron chi connectivity index (χ4n) is 5.72. The third-order valence-corrected chi connectivity index (χ3v) is 8.44. The van der Waals surface area contributed by atoms with Crippen LogP contribution in [-0.4, -0.2) is 95.4 Å². The van der Waals surface area contributed by atoms with Crippen LogP contribution in [0.3, 0.4) is 0 Å². The molecule has 6 N–H and O–H groups in total. The number of carbonyl (C=O) groups is 6. The van der Waals surface area contributed by atoms with Crippen LogP contribution in [0.15, 0.2) is 0 Å². The van der Waals surface area contributed by atoms with Gasteiger partial charge in [0.2, 0.25) is 23.6 Å². The highest BCUT2D eigenvalue weighted by Gasteiger charge is 2.33. The summed E-state index contributed by atoms with van der Waals surface area (Å²) in [5, 5.41) is 30.3. The molecule has 0 radical (unpaired) electrons. The van der Waals surface area contributed by atoms with E-state index in [-0.39, 0.29) is 37.5 Å². The zero-order chi connectivity index (χ0) is 37.6. The topological polar surface area (TPSA) is 209 Å². The van der Waals surface area contributed by atoms with Gasteiger partial charge >= 0.3 is 11.9 Å². The van der Waals surface area contributed by atoms with E-state index in [1.807, 2.05) is 34.6 Å². The van der Waals surface area contributed by atoms with E-state index in [2.05, 4.69) is 28.2 Å². The number of hydrogen-bond donors (Lipinski definition) is 6. The molecule has 14 nitrogen and oxygen atoms in total. The number of ether oxygens (including phenoxy) is 2. The van der Waals surface area contributed by atoms with E-state index in [0.717, 1.165) is 38.5 Å². The first-order valence-corrected chi connectivity index (χ1v) is 18.6.